The van der Waals surface area contributed by atoms with Gasteiger partial charge in [-0.05, 0) is 14.0 Å². The maximum atomic E-state index is 11.3. The van der Waals surface area contributed by atoms with Crippen molar-refractivity contribution in [1.82, 2.24) is 10.2 Å². The van der Waals surface area contributed by atoms with Gasteiger partial charge in [-0.15, -0.1) is 0 Å². The lowest BCUT2D eigenvalue weighted by atomic mass is 10.2. The molecule has 18 heavy (non-hydrogen) atoms. The molecule has 0 bridgehead atoms. The average molecular weight is 256 g/mol. The monoisotopic (exact) mass is 256 g/mol. The van der Waals surface area contributed by atoms with Crippen LogP contribution in [0, 0.1) is 12.8 Å². The van der Waals surface area contributed by atoms with Gasteiger partial charge in [-0.1, -0.05) is 13.8 Å². The number of carbonyl (C=O) groups is 1. The van der Waals surface area contributed by atoms with Crippen molar-refractivity contribution in [3.8, 4) is 0 Å². The second-order valence-corrected chi connectivity index (χ2v) is 4.62. The molecule has 1 N–H and O–H groups in total. The van der Waals surface area contributed by atoms with Gasteiger partial charge < -0.3 is 14.2 Å². The van der Waals surface area contributed by atoms with Crippen molar-refractivity contribution in [2.24, 2.45) is 5.92 Å². The summed E-state index contributed by atoms with van der Waals surface area (Å²) in [6.07, 6.45) is 0. The lowest BCUT2D eigenvalue weighted by Gasteiger charge is -2.15. The lowest BCUT2D eigenvalue weighted by molar-refractivity contribution is -0.124. The molecular weight excluding hydrogens is 236 g/mol. The number of hydrogen-bond acceptors (Lipinski definition) is 5. The first-order valence-corrected chi connectivity index (χ1v) is 5.95. The van der Waals surface area contributed by atoms with Crippen LogP contribution in [0.4, 0.5) is 0 Å². The summed E-state index contributed by atoms with van der Waals surface area (Å²) >= 11 is 0. The predicted octanol–water partition coefficient (Wildman–Crippen LogP) is 0.745. The van der Waals surface area contributed by atoms with Gasteiger partial charge in [0.2, 0.25) is 5.91 Å². The van der Waals surface area contributed by atoms with Crippen molar-refractivity contribution in [2.75, 3.05) is 20.1 Å². The molecule has 1 amide bonds. The Labute approximate surface area is 106 Å². The molecule has 6 nitrogen and oxygen atoms in total. The van der Waals surface area contributed by atoms with Gasteiger partial charge >= 0.3 is 5.82 Å². The molecule has 6 heteroatoms. The molecular formula is C12H20N2O4. The topological polar surface area (TPSA) is 75.7 Å². The van der Waals surface area contributed by atoms with E-state index in [4.69, 9.17) is 8.83 Å². The fourth-order valence-electron chi connectivity index (χ4n) is 1.42. The molecule has 0 unspecified atom stereocenters. The quantitative estimate of drug-likeness (QED) is 0.812. The number of amides is 1. The smallest absolute Gasteiger partial charge is 0.396 e. The maximum absolute atomic E-state index is 11.3. The summed E-state index contributed by atoms with van der Waals surface area (Å²) in [5.74, 6) is 0.374. The number of rotatable bonds is 6. The Kier molecular flexibility index (Phi) is 5.15. The summed E-state index contributed by atoms with van der Waals surface area (Å²) in [6.45, 7) is 7.11. The van der Waals surface area contributed by atoms with Crippen molar-refractivity contribution < 1.29 is 13.6 Å². The molecule has 0 aromatic carbocycles. The number of nitrogens with one attached hydrogen (secondary N) is 1. The second-order valence-electron chi connectivity index (χ2n) is 4.62. The molecule has 1 aromatic heterocycles. The van der Waals surface area contributed by atoms with Crippen LogP contribution in [0.1, 0.15) is 25.4 Å². The Morgan fingerprint density at radius 1 is 1.39 bits per heavy atom. The molecule has 0 fully saturated rings. The van der Waals surface area contributed by atoms with E-state index >= 15 is 0 Å². The highest BCUT2D eigenvalue weighted by molar-refractivity contribution is 5.77. The van der Waals surface area contributed by atoms with Crippen LogP contribution in [0.15, 0.2) is 13.6 Å². The zero-order valence-electron chi connectivity index (χ0n) is 11.3. The highest BCUT2D eigenvalue weighted by Gasteiger charge is 2.11. The van der Waals surface area contributed by atoms with E-state index in [1.54, 1.807) is 6.92 Å². The van der Waals surface area contributed by atoms with E-state index in [0.29, 0.717) is 31.2 Å². The Bertz CT molecular complexity index is 447. The number of nitrogens with zero attached hydrogens (tertiary/aromatic N) is 1. The molecule has 102 valence electrons. The van der Waals surface area contributed by atoms with Crippen molar-refractivity contribution >= 4 is 5.91 Å². The summed E-state index contributed by atoms with van der Waals surface area (Å²) in [6, 6.07) is 0. The van der Waals surface area contributed by atoms with Gasteiger partial charge in [-0.25, -0.2) is 4.79 Å². The SMILES string of the molecule is Cc1oc(=O)oc1CN(C)CCNC(=O)C(C)C. The van der Waals surface area contributed by atoms with Crippen LogP contribution in [-0.4, -0.2) is 30.9 Å². The first-order chi connectivity index (χ1) is 8.40. The van der Waals surface area contributed by atoms with Gasteiger partial charge in [-0.3, -0.25) is 9.69 Å². The van der Waals surface area contributed by atoms with E-state index in [1.807, 2.05) is 25.8 Å². The zero-order valence-corrected chi connectivity index (χ0v) is 11.3. The molecule has 0 aliphatic heterocycles. The van der Waals surface area contributed by atoms with E-state index < -0.39 is 5.82 Å². The molecule has 0 saturated carbocycles. The summed E-state index contributed by atoms with van der Waals surface area (Å²) in [7, 11) is 1.88. The third-order valence-electron chi connectivity index (χ3n) is 2.57. The lowest BCUT2D eigenvalue weighted by Crippen LogP contribution is -2.34. The molecule has 0 saturated heterocycles. The number of hydrogen-bond donors (Lipinski definition) is 1. The molecule has 0 aliphatic carbocycles. The summed E-state index contributed by atoms with van der Waals surface area (Å²) in [5.41, 5.74) is 0. The number of likely N-dealkylation sites (N-methyl/N-ethyl adjacent to an activating group) is 1. The summed E-state index contributed by atoms with van der Waals surface area (Å²) in [4.78, 5) is 24.1. The number of carbonyl (C=O) groups excluding carboxylic acids is 1. The molecule has 0 atom stereocenters. The van der Waals surface area contributed by atoms with Gasteiger partial charge in [0.1, 0.15) is 5.76 Å². The van der Waals surface area contributed by atoms with Gasteiger partial charge in [-0.2, -0.15) is 0 Å². The van der Waals surface area contributed by atoms with E-state index in [2.05, 4.69) is 5.32 Å². The fraction of sp³-hybridized carbons (Fsp3) is 0.667. The van der Waals surface area contributed by atoms with Gasteiger partial charge in [0.15, 0.2) is 5.76 Å². The first kappa shape index (κ1) is 14.5. The predicted molar refractivity (Wildman–Crippen MR) is 66.2 cm³/mol. The van der Waals surface area contributed by atoms with Crippen molar-refractivity contribution in [2.45, 2.75) is 27.3 Å². The second kappa shape index (κ2) is 6.39. The third-order valence-corrected chi connectivity index (χ3v) is 2.57. The van der Waals surface area contributed by atoms with Gasteiger partial charge in [0, 0.05) is 19.0 Å². The Hall–Kier alpha value is -1.56. The highest BCUT2D eigenvalue weighted by atomic mass is 16.6. The molecule has 1 heterocycles. The maximum Gasteiger partial charge on any atom is 0.519 e. The minimum Gasteiger partial charge on any atom is -0.396 e. The van der Waals surface area contributed by atoms with Crippen LogP contribution in [0.2, 0.25) is 0 Å². The van der Waals surface area contributed by atoms with E-state index in [0.717, 1.165) is 0 Å². The van der Waals surface area contributed by atoms with Crippen LogP contribution in [-0.2, 0) is 11.3 Å². The van der Waals surface area contributed by atoms with Gasteiger partial charge in [0.05, 0.1) is 6.54 Å². The first-order valence-electron chi connectivity index (χ1n) is 5.95. The van der Waals surface area contributed by atoms with Crippen LogP contribution in [0.25, 0.3) is 0 Å². The third kappa shape index (κ3) is 4.37. The van der Waals surface area contributed by atoms with E-state index in [-0.39, 0.29) is 11.8 Å². The largest absolute Gasteiger partial charge is 0.519 e. The zero-order chi connectivity index (χ0) is 13.7. The number of aryl methyl sites for hydroxylation is 1. The minimum absolute atomic E-state index is 0.00977. The normalized spacial score (nSPS) is 11.2. The van der Waals surface area contributed by atoms with E-state index in [1.165, 1.54) is 0 Å². The molecule has 1 aromatic rings. The Balaban J connectivity index is 2.34. The molecule has 1 rings (SSSR count). The fourth-order valence-corrected chi connectivity index (χ4v) is 1.42. The van der Waals surface area contributed by atoms with Crippen LogP contribution in [0.3, 0.4) is 0 Å². The van der Waals surface area contributed by atoms with Crippen molar-refractivity contribution in [1.29, 1.82) is 0 Å². The van der Waals surface area contributed by atoms with Crippen molar-refractivity contribution in [3.05, 3.63) is 22.1 Å². The Morgan fingerprint density at radius 2 is 2.06 bits per heavy atom. The van der Waals surface area contributed by atoms with Crippen LogP contribution in [0.5, 0.6) is 0 Å². The van der Waals surface area contributed by atoms with Crippen LogP contribution >= 0.6 is 0 Å². The summed E-state index contributed by atoms with van der Waals surface area (Å²) < 4.78 is 9.67. The molecule has 0 aliphatic rings. The molecule has 0 radical (unpaired) electrons. The Morgan fingerprint density at radius 3 is 2.56 bits per heavy atom. The summed E-state index contributed by atoms with van der Waals surface area (Å²) in [5, 5.41) is 2.82. The van der Waals surface area contributed by atoms with E-state index in [9.17, 15) is 9.59 Å². The minimum atomic E-state index is -0.677. The highest BCUT2D eigenvalue weighted by Crippen LogP contribution is 2.07. The van der Waals surface area contributed by atoms with Gasteiger partial charge in [0.25, 0.3) is 0 Å². The van der Waals surface area contributed by atoms with Crippen molar-refractivity contribution in [3.63, 3.8) is 0 Å². The standard InChI is InChI=1S/C12H20N2O4/c1-8(2)11(15)13-5-6-14(4)7-10-9(3)17-12(16)18-10/h8H,5-7H2,1-4H3,(H,13,15). The molecule has 0 spiro atoms. The van der Waals surface area contributed by atoms with Crippen LogP contribution < -0.4 is 11.1 Å². The average Bonchev–Trinajstić information content (AvgIpc) is 2.57.